The maximum absolute atomic E-state index is 6.15. The Hall–Kier alpha value is -1.52. The Morgan fingerprint density at radius 3 is 2.80 bits per heavy atom. The van der Waals surface area contributed by atoms with E-state index < -0.39 is 0 Å². The van der Waals surface area contributed by atoms with Gasteiger partial charge in [0.1, 0.15) is 5.75 Å². The zero-order valence-electron chi connectivity index (χ0n) is 12.1. The summed E-state index contributed by atoms with van der Waals surface area (Å²) in [5.74, 6) is 0.823. The molecule has 1 aromatic heterocycles. The molecule has 1 atom stereocenters. The van der Waals surface area contributed by atoms with Crippen LogP contribution in [0.1, 0.15) is 30.6 Å². The Bertz CT molecular complexity index is 568. The van der Waals surface area contributed by atoms with E-state index in [9.17, 15) is 0 Å². The fourth-order valence-electron chi connectivity index (χ4n) is 2.26. The van der Waals surface area contributed by atoms with Crippen LogP contribution >= 0.6 is 11.6 Å². The SMILES string of the molecule is CCCNC(c1cc(Cl)ccc1OC)c1ccnn1C. The van der Waals surface area contributed by atoms with E-state index in [1.807, 2.05) is 36.0 Å². The molecule has 1 heterocycles. The van der Waals surface area contributed by atoms with Gasteiger partial charge in [-0.1, -0.05) is 18.5 Å². The molecule has 1 aromatic carbocycles. The van der Waals surface area contributed by atoms with E-state index in [0.717, 1.165) is 30.0 Å². The van der Waals surface area contributed by atoms with E-state index >= 15 is 0 Å². The molecule has 4 nitrogen and oxygen atoms in total. The number of rotatable bonds is 6. The molecule has 0 aliphatic carbocycles. The molecule has 20 heavy (non-hydrogen) atoms. The third-order valence-electron chi connectivity index (χ3n) is 3.26. The summed E-state index contributed by atoms with van der Waals surface area (Å²) < 4.78 is 7.34. The molecule has 2 aromatic rings. The molecule has 0 saturated carbocycles. The quantitative estimate of drug-likeness (QED) is 0.889. The number of aryl methyl sites for hydroxylation is 1. The maximum Gasteiger partial charge on any atom is 0.124 e. The lowest BCUT2D eigenvalue weighted by Crippen LogP contribution is -2.25. The first-order chi connectivity index (χ1) is 9.67. The van der Waals surface area contributed by atoms with Crippen LogP contribution in [0, 0.1) is 0 Å². The highest BCUT2D eigenvalue weighted by Crippen LogP contribution is 2.32. The number of aromatic nitrogens is 2. The second-order valence-electron chi connectivity index (χ2n) is 4.65. The van der Waals surface area contributed by atoms with Crippen molar-refractivity contribution in [3.63, 3.8) is 0 Å². The Labute approximate surface area is 124 Å². The first-order valence-electron chi connectivity index (χ1n) is 6.72. The van der Waals surface area contributed by atoms with E-state index in [2.05, 4.69) is 17.3 Å². The fraction of sp³-hybridized carbons (Fsp3) is 0.400. The summed E-state index contributed by atoms with van der Waals surface area (Å²) in [5, 5.41) is 8.48. The lowest BCUT2D eigenvalue weighted by molar-refractivity contribution is 0.402. The van der Waals surface area contributed by atoms with Crippen molar-refractivity contribution in [1.82, 2.24) is 15.1 Å². The van der Waals surface area contributed by atoms with Gasteiger partial charge in [0, 0.05) is 23.8 Å². The van der Waals surface area contributed by atoms with Gasteiger partial charge in [-0.15, -0.1) is 0 Å². The van der Waals surface area contributed by atoms with Crippen molar-refractivity contribution in [2.24, 2.45) is 7.05 Å². The molecule has 0 spiro atoms. The van der Waals surface area contributed by atoms with Crippen molar-refractivity contribution in [1.29, 1.82) is 0 Å². The van der Waals surface area contributed by atoms with Crippen molar-refractivity contribution < 1.29 is 4.74 Å². The van der Waals surface area contributed by atoms with Gasteiger partial charge in [0.05, 0.1) is 18.8 Å². The molecular weight excluding hydrogens is 274 g/mol. The third-order valence-corrected chi connectivity index (χ3v) is 3.49. The van der Waals surface area contributed by atoms with Crippen LogP contribution < -0.4 is 10.1 Å². The molecular formula is C15H20ClN3O. The largest absolute Gasteiger partial charge is 0.496 e. The average molecular weight is 294 g/mol. The van der Waals surface area contributed by atoms with E-state index in [-0.39, 0.29) is 6.04 Å². The third kappa shape index (κ3) is 3.14. The summed E-state index contributed by atoms with van der Waals surface area (Å²) in [4.78, 5) is 0. The van der Waals surface area contributed by atoms with E-state index in [4.69, 9.17) is 16.3 Å². The summed E-state index contributed by atoms with van der Waals surface area (Å²) >= 11 is 6.15. The van der Waals surface area contributed by atoms with Crippen LogP contribution in [0.4, 0.5) is 0 Å². The van der Waals surface area contributed by atoms with Crippen LogP contribution in [0.25, 0.3) is 0 Å². The number of hydrogen-bond acceptors (Lipinski definition) is 3. The van der Waals surface area contributed by atoms with Crippen molar-refractivity contribution >= 4 is 11.6 Å². The molecule has 108 valence electrons. The molecule has 0 saturated heterocycles. The Balaban J connectivity index is 2.46. The van der Waals surface area contributed by atoms with Gasteiger partial charge in [-0.2, -0.15) is 5.10 Å². The second-order valence-corrected chi connectivity index (χ2v) is 5.09. The molecule has 0 amide bonds. The van der Waals surface area contributed by atoms with Crippen LogP contribution in [-0.4, -0.2) is 23.4 Å². The Morgan fingerprint density at radius 1 is 1.40 bits per heavy atom. The first kappa shape index (κ1) is 14.9. The van der Waals surface area contributed by atoms with E-state index in [0.29, 0.717) is 5.02 Å². The Morgan fingerprint density at radius 2 is 2.20 bits per heavy atom. The number of halogens is 1. The van der Waals surface area contributed by atoms with Crippen LogP contribution in [0.15, 0.2) is 30.5 Å². The Kier molecular flexibility index (Phi) is 5.04. The monoisotopic (exact) mass is 293 g/mol. The lowest BCUT2D eigenvalue weighted by Gasteiger charge is -2.21. The van der Waals surface area contributed by atoms with Gasteiger partial charge in [0.25, 0.3) is 0 Å². The van der Waals surface area contributed by atoms with E-state index in [1.165, 1.54) is 0 Å². The smallest absolute Gasteiger partial charge is 0.124 e. The van der Waals surface area contributed by atoms with Gasteiger partial charge < -0.3 is 10.1 Å². The lowest BCUT2D eigenvalue weighted by atomic mass is 10.0. The van der Waals surface area contributed by atoms with Crippen LogP contribution in [0.3, 0.4) is 0 Å². The minimum absolute atomic E-state index is 0.0103. The number of methoxy groups -OCH3 is 1. The van der Waals surface area contributed by atoms with Gasteiger partial charge in [0.15, 0.2) is 0 Å². The second kappa shape index (κ2) is 6.77. The number of ether oxygens (including phenoxy) is 1. The molecule has 0 radical (unpaired) electrons. The van der Waals surface area contributed by atoms with Gasteiger partial charge in [0.2, 0.25) is 0 Å². The van der Waals surface area contributed by atoms with Crippen LogP contribution in [0.5, 0.6) is 5.75 Å². The first-order valence-corrected chi connectivity index (χ1v) is 7.10. The summed E-state index contributed by atoms with van der Waals surface area (Å²) in [6.07, 6.45) is 2.85. The zero-order valence-corrected chi connectivity index (χ0v) is 12.8. The fourth-order valence-corrected chi connectivity index (χ4v) is 2.44. The highest BCUT2D eigenvalue weighted by atomic mass is 35.5. The average Bonchev–Trinajstić information content (AvgIpc) is 2.86. The highest BCUT2D eigenvalue weighted by molar-refractivity contribution is 6.30. The molecule has 0 bridgehead atoms. The number of hydrogen-bond donors (Lipinski definition) is 1. The van der Waals surface area contributed by atoms with Crippen molar-refractivity contribution in [3.05, 3.63) is 46.7 Å². The summed E-state index contributed by atoms with van der Waals surface area (Å²) in [6, 6.07) is 7.70. The van der Waals surface area contributed by atoms with Gasteiger partial charge in [-0.25, -0.2) is 0 Å². The molecule has 1 unspecified atom stereocenters. The number of benzene rings is 1. The van der Waals surface area contributed by atoms with Crippen molar-refractivity contribution in [2.75, 3.05) is 13.7 Å². The zero-order chi connectivity index (χ0) is 14.5. The van der Waals surface area contributed by atoms with Gasteiger partial charge >= 0.3 is 0 Å². The standard InChI is InChI=1S/C15H20ClN3O/c1-4-8-17-15(13-7-9-18-19(13)2)12-10-11(16)5-6-14(12)20-3/h5-7,9-10,15,17H,4,8H2,1-3H3. The molecule has 0 aliphatic heterocycles. The van der Waals surface area contributed by atoms with Crippen LogP contribution in [-0.2, 0) is 7.05 Å². The minimum Gasteiger partial charge on any atom is -0.496 e. The minimum atomic E-state index is 0.0103. The maximum atomic E-state index is 6.15. The predicted molar refractivity (Wildman–Crippen MR) is 81.3 cm³/mol. The van der Waals surface area contributed by atoms with Crippen molar-refractivity contribution in [3.8, 4) is 5.75 Å². The van der Waals surface area contributed by atoms with Crippen LogP contribution in [0.2, 0.25) is 5.02 Å². The molecule has 2 rings (SSSR count). The molecule has 5 heteroatoms. The summed E-state index contributed by atoms with van der Waals surface area (Å²) in [5.41, 5.74) is 2.11. The molecule has 1 N–H and O–H groups in total. The molecule has 0 aliphatic rings. The predicted octanol–water partition coefficient (Wildman–Crippen LogP) is 3.17. The number of nitrogens with zero attached hydrogens (tertiary/aromatic N) is 2. The summed E-state index contributed by atoms with van der Waals surface area (Å²) in [7, 11) is 3.61. The summed E-state index contributed by atoms with van der Waals surface area (Å²) in [6.45, 7) is 3.05. The topological polar surface area (TPSA) is 39.1 Å². The normalized spacial score (nSPS) is 12.4. The highest BCUT2D eigenvalue weighted by Gasteiger charge is 2.20. The van der Waals surface area contributed by atoms with E-state index in [1.54, 1.807) is 13.3 Å². The van der Waals surface area contributed by atoms with Crippen molar-refractivity contribution in [2.45, 2.75) is 19.4 Å². The number of nitrogens with one attached hydrogen (secondary N) is 1. The molecule has 0 fully saturated rings. The van der Waals surface area contributed by atoms with Gasteiger partial charge in [-0.05, 0) is 37.2 Å². The van der Waals surface area contributed by atoms with Gasteiger partial charge in [-0.3, -0.25) is 4.68 Å².